The van der Waals surface area contributed by atoms with Crippen LogP contribution in [0.1, 0.15) is 25.3 Å². The minimum Gasteiger partial charge on any atom is -0.496 e. The molecular weight excluding hydrogens is 296 g/mol. The first-order chi connectivity index (χ1) is 8.69. The molecule has 1 aromatic rings. The lowest BCUT2D eigenvalue weighted by atomic mass is 10.1. The van der Waals surface area contributed by atoms with Crippen molar-refractivity contribution < 1.29 is 14.2 Å². The van der Waals surface area contributed by atoms with E-state index in [0.717, 1.165) is 35.2 Å². The molecule has 0 bridgehead atoms. The van der Waals surface area contributed by atoms with Gasteiger partial charge >= 0.3 is 0 Å². The van der Waals surface area contributed by atoms with Crippen LogP contribution in [0.3, 0.4) is 0 Å². The third-order valence-corrected chi connectivity index (χ3v) is 3.96. The maximum atomic E-state index is 5.56. The van der Waals surface area contributed by atoms with Crippen molar-refractivity contribution in [3.63, 3.8) is 0 Å². The van der Waals surface area contributed by atoms with Crippen molar-refractivity contribution in [2.45, 2.75) is 38.4 Å². The Morgan fingerprint density at radius 2 is 1.89 bits per heavy atom. The molecule has 1 heterocycles. The maximum Gasteiger partial charge on any atom is 0.136 e. The molecule has 0 aromatic heterocycles. The van der Waals surface area contributed by atoms with Gasteiger partial charge in [-0.3, -0.25) is 0 Å². The minimum atomic E-state index is 0.431. The zero-order valence-electron chi connectivity index (χ0n) is 11.0. The summed E-state index contributed by atoms with van der Waals surface area (Å²) in [5.41, 5.74) is 1.19. The van der Waals surface area contributed by atoms with E-state index >= 15 is 0 Å². The zero-order valence-corrected chi connectivity index (χ0v) is 12.6. The summed E-state index contributed by atoms with van der Waals surface area (Å²) in [4.78, 5) is 0. The molecule has 1 aliphatic rings. The Hall–Kier alpha value is -0.740. The summed E-state index contributed by atoms with van der Waals surface area (Å²) in [6.45, 7) is 2.16. The highest BCUT2D eigenvalue weighted by Crippen LogP contribution is 2.35. The number of benzene rings is 1. The summed E-state index contributed by atoms with van der Waals surface area (Å²) in [5, 5.41) is 0. The molecule has 2 rings (SSSR count). The van der Waals surface area contributed by atoms with Gasteiger partial charge in [0.25, 0.3) is 0 Å². The molecule has 0 N–H and O–H groups in total. The summed E-state index contributed by atoms with van der Waals surface area (Å²) in [7, 11) is 3.34. The fourth-order valence-electron chi connectivity index (χ4n) is 2.21. The molecule has 2 unspecified atom stereocenters. The summed E-state index contributed by atoms with van der Waals surface area (Å²) in [6.07, 6.45) is 4.02. The first kappa shape index (κ1) is 13.7. The van der Waals surface area contributed by atoms with Gasteiger partial charge in [-0.05, 0) is 46.8 Å². The van der Waals surface area contributed by atoms with Crippen LogP contribution in [0.2, 0.25) is 0 Å². The molecule has 4 heteroatoms. The SMILES string of the molecule is CCC1OC1CCc1cc(Br)c(OC)cc1OC. The number of hydrogen-bond acceptors (Lipinski definition) is 3. The van der Waals surface area contributed by atoms with E-state index in [-0.39, 0.29) is 0 Å². The van der Waals surface area contributed by atoms with Crippen LogP contribution < -0.4 is 9.47 Å². The molecule has 1 aliphatic heterocycles. The Kier molecular flexibility index (Phi) is 4.51. The Morgan fingerprint density at radius 1 is 1.17 bits per heavy atom. The average Bonchev–Trinajstić information content (AvgIpc) is 3.15. The van der Waals surface area contributed by atoms with Gasteiger partial charge in [0, 0.05) is 6.07 Å². The number of rotatable bonds is 6. The standard InChI is InChI=1S/C14H19BrO3/c1-4-11-12(18-11)6-5-9-7-10(15)14(17-3)8-13(9)16-2/h7-8,11-12H,4-6H2,1-3H3. The largest absolute Gasteiger partial charge is 0.496 e. The summed E-state index contributed by atoms with van der Waals surface area (Å²) in [6, 6.07) is 3.99. The molecule has 3 nitrogen and oxygen atoms in total. The van der Waals surface area contributed by atoms with Crippen LogP contribution in [-0.2, 0) is 11.2 Å². The molecule has 0 amide bonds. The predicted molar refractivity (Wildman–Crippen MR) is 74.5 cm³/mol. The number of epoxide rings is 1. The lowest BCUT2D eigenvalue weighted by Gasteiger charge is -2.11. The van der Waals surface area contributed by atoms with Gasteiger partial charge in [-0.25, -0.2) is 0 Å². The average molecular weight is 315 g/mol. The molecule has 1 fully saturated rings. The molecule has 18 heavy (non-hydrogen) atoms. The number of halogens is 1. The predicted octanol–water partition coefficient (Wildman–Crippen LogP) is 3.58. The fraction of sp³-hybridized carbons (Fsp3) is 0.571. The van der Waals surface area contributed by atoms with Gasteiger partial charge in [-0.2, -0.15) is 0 Å². The fourth-order valence-corrected chi connectivity index (χ4v) is 2.76. The number of hydrogen-bond donors (Lipinski definition) is 0. The van der Waals surface area contributed by atoms with Gasteiger partial charge in [0.15, 0.2) is 0 Å². The molecule has 0 radical (unpaired) electrons. The monoisotopic (exact) mass is 314 g/mol. The lowest BCUT2D eigenvalue weighted by Crippen LogP contribution is -1.99. The zero-order chi connectivity index (χ0) is 13.1. The molecule has 1 aromatic carbocycles. The maximum absolute atomic E-state index is 5.56. The van der Waals surface area contributed by atoms with Crippen molar-refractivity contribution in [3.8, 4) is 11.5 Å². The summed E-state index contributed by atoms with van der Waals surface area (Å²) < 4.78 is 17.2. The van der Waals surface area contributed by atoms with Crippen molar-refractivity contribution in [2.24, 2.45) is 0 Å². The first-order valence-corrected chi connectivity index (χ1v) is 7.04. The van der Waals surface area contributed by atoms with Crippen molar-refractivity contribution in [3.05, 3.63) is 22.2 Å². The third kappa shape index (κ3) is 2.98. The number of ether oxygens (including phenoxy) is 3. The van der Waals surface area contributed by atoms with Gasteiger partial charge in [0.05, 0.1) is 30.9 Å². The van der Waals surface area contributed by atoms with Crippen LogP contribution in [0, 0.1) is 0 Å². The van der Waals surface area contributed by atoms with E-state index in [1.165, 1.54) is 5.56 Å². The number of methoxy groups -OCH3 is 2. The van der Waals surface area contributed by atoms with Crippen molar-refractivity contribution in [2.75, 3.05) is 14.2 Å². The molecule has 1 saturated heterocycles. The van der Waals surface area contributed by atoms with E-state index in [1.807, 2.05) is 6.07 Å². The molecule has 0 spiro atoms. The van der Waals surface area contributed by atoms with Gasteiger partial charge < -0.3 is 14.2 Å². The minimum absolute atomic E-state index is 0.431. The highest BCUT2D eigenvalue weighted by Gasteiger charge is 2.36. The Balaban J connectivity index is 2.04. The van der Waals surface area contributed by atoms with Crippen LogP contribution >= 0.6 is 15.9 Å². The van der Waals surface area contributed by atoms with Crippen LogP contribution in [0.15, 0.2) is 16.6 Å². The number of aryl methyl sites for hydroxylation is 1. The van der Waals surface area contributed by atoms with Crippen LogP contribution in [0.25, 0.3) is 0 Å². The van der Waals surface area contributed by atoms with Gasteiger partial charge in [0.1, 0.15) is 11.5 Å². The van der Waals surface area contributed by atoms with Gasteiger partial charge in [0.2, 0.25) is 0 Å². The smallest absolute Gasteiger partial charge is 0.136 e. The highest BCUT2D eigenvalue weighted by atomic mass is 79.9. The van der Waals surface area contributed by atoms with E-state index in [4.69, 9.17) is 14.2 Å². The van der Waals surface area contributed by atoms with E-state index in [1.54, 1.807) is 14.2 Å². The normalized spacial score (nSPS) is 21.8. The summed E-state index contributed by atoms with van der Waals surface area (Å²) >= 11 is 3.51. The van der Waals surface area contributed by atoms with Crippen molar-refractivity contribution in [1.82, 2.24) is 0 Å². The van der Waals surface area contributed by atoms with Gasteiger partial charge in [-0.1, -0.05) is 6.92 Å². The second-order valence-electron chi connectivity index (χ2n) is 4.46. The molecular formula is C14H19BrO3. The quantitative estimate of drug-likeness (QED) is 0.752. The first-order valence-electron chi connectivity index (χ1n) is 6.25. The Morgan fingerprint density at radius 3 is 2.44 bits per heavy atom. The van der Waals surface area contributed by atoms with Crippen molar-refractivity contribution >= 4 is 15.9 Å². The van der Waals surface area contributed by atoms with Gasteiger partial charge in [-0.15, -0.1) is 0 Å². The topological polar surface area (TPSA) is 31.0 Å². The lowest BCUT2D eigenvalue weighted by molar-refractivity contribution is 0.357. The highest BCUT2D eigenvalue weighted by molar-refractivity contribution is 9.10. The second-order valence-corrected chi connectivity index (χ2v) is 5.31. The third-order valence-electron chi connectivity index (χ3n) is 3.34. The van der Waals surface area contributed by atoms with Crippen LogP contribution in [0.5, 0.6) is 11.5 Å². The van der Waals surface area contributed by atoms with E-state index in [2.05, 4.69) is 28.9 Å². The Labute approximate surface area is 117 Å². The molecule has 2 atom stereocenters. The van der Waals surface area contributed by atoms with E-state index < -0.39 is 0 Å². The van der Waals surface area contributed by atoms with Crippen LogP contribution in [0.4, 0.5) is 0 Å². The summed E-state index contributed by atoms with van der Waals surface area (Å²) in [5.74, 6) is 1.67. The molecule has 0 saturated carbocycles. The molecule has 100 valence electrons. The Bertz CT molecular complexity index is 420. The van der Waals surface area contributed by atoms with Crippen molar-refractivity contribution in [1.29, 1.82) is 0 Å². The molecule has 0 aliphatic carbocycles. The second kappa shape index (κ2) is 5.93. The van der Waals surface area contributed by atoms with E-state index in [0.29, 0.717) is 12.2 Å². The van der Waals surface area contributed by atoms with E-state index in [9.17, 15) is 0 Å². The van der Waals surface area contributed by atoms with Crippen LogP contribution in [-0.4, -0.2) is 26.4 Å².